The number of aromatic carboxylic acids is 1. The second-order valence-electron chi connectivity index (χ2n) is 8.76. The molecule has 11 heteroatoms. The van der Waals surface area contributed by atoms with Crippen molar-refractivity contribution in [1.29, 1.82) is 0 Å². The lowest BCUT2D eigenvalue weighted by molar-refractivity contribution is -0.274. The molecule has 2 aromatic carbocycles. The van der Waals surface area contributed by atoms with Gasteiger partial charge in [0.15, 0.2) is 0 Å². The number of carbonyl (C=O) groups is 2. The molecule has 1 amide bonds. The van der Waals surface area contributed by atoms with E-state index in [2.05, 4.69) is 15.2 Å². The lowest BCUT2D eigenvalue weighted by Gasteiger charge is -2.18. The van der Waals surface area contributed by atoms with Crippen molar-refractivity contribution in [3.63, 3.8) is 0 Å². The van der Waals surface area contributed by atoms with Crippen molar-refractivity contribution in [1.82, 2.24) is 9.78 Å². The van der Waals surface area contributed by atoms with Gasteiger partial charge >= 0.3 is 12.3 Å². The van der Waals surface area contributed by atoms with Gasteiger partial charge in [-0.05, 0) is 49.9 Å². The summed E-state index contributed by atoms with van der Waals surface area (Å²) in [6.07, 6.45) is -0.230. The van der Waals surface area contributed by atoms with Crippen LogP contribution in [-0.4, -0.2) is 33.1 Å². The number of nitrogens with zero attached hydrogens (tertiary/aromatic N) is 2. The number of carboxylic acid groups (broad SMARTS) is 1. The van der Waals surface area contributed by atoms with Crippen molar-refractivity contribution in [3.05, 3.63) is 65.7 Å². The highest BCUT2D eigenvalue weighted by Crippen LogP contribution is 2.50. The molecular formula is C25H23F4N3O4. The highest BCUT2D eigenvalue weighted by molar-refractivity contribution is 6.03. The van der Waals surface area contributed by atoms with E-state index in [4.69, 9.17) is 0 Å². The van der Waals surface area contributed by atoms with E-state index in [1.807, 2.05) is 13.8 Å². The highest BCUT2D eigenvalue weighted by atomic mass is 19.4. The summed E-state index contributed by atoms with van der Waals surface area (Å²) < 4.78 is 57.4. The van der Waals surface area contributed by atoms with Crippen LogP contribution in [0, 0.1) is 5.82 Å². The summed E-state index contributed by atoms with van der Waals surface area (Å²) in [6, 6.07) is 7.18. The van der Waals surface area contributed by atoms with Crippen molar-refractivity contribution >= 4 is 17.6 Å². The van der Waals surface area contributed by atoms with E-state index in [-0.39, 0.29) is 35.7 Å². The molecule has 1 aliphatic carbocycles. The first-order valence-electron chi connectivity index (χ1n) is 11.2. The Kier molecular flexibility index (Phi) is 6.50. The average Bonchev–Trinajstić information content (AvgIpc) is 3.46. The second-order valence-corrected chi connectivity index (χ2v) is 8.76. The van der Waals surface area contributed by atoms with E-state index >= 15 is 0 Å². The van der Waals surface area contributed by atoms with Gasteiger partial charge in [-0.2, -0.15) is 5.10 Å². The van der Waals surface area contributed by atoms with Gasteiger partial charge in [0, 0.05) is 35.1 Å². The zero-order chi connectivity index (χ0) is 26.3. The molecule has 1 aliphatic rings. The van der Waals surface area contributed by atoms with Gasteiger partial charge in [-0.25, -0.2) is 9.18 Å². The fourth-order valence-electron chi connectivity index (χ4n) is 4.03. The predicted molar refractivity (Wildman–Crippen MR) is 122 cm³/mol. The number of hydrogen-bond donors (Lipinski definition) is 2. The Bertz CT molecular complexity index is 1310. The van der Waals surface area contributed by atoms with Crippen LogP contribution in [0.5, 0.6) is 5.75 Å². The Morgan fingerprint density at radius 3 is 2.53 bits per heavy atom. The largest absolute Gasteiger partial charge is 0.573 e. The lowest BCUT2D eigenvalue weighted by Crippen LogP contribution is -2.29. The number of rotatable bonds is 8. The van der Waals surface area contributed by atoms with E-state index in [0.717, 1.165) is 18.6 Å². The summed E-state index contributed by atoms with van der Waals surface area (Å²) in [6.45, 7) is 4.00. The van der Waals surface area contributed by atoms with E-state index in [0.29, 0.717) is 17.2 Å². The molecule has 1 aromatic heterocycles. The Labute approximate surface area is 203 Å². The normalized spacial score (nSPS) is 15.3. The fraction of sp³-hybridized carbons (Fsp3) is 0.320. The number of aromatic nitrogens is 2. The van der Waals surface area contributed by atoms with Crippen molar-refractivity contribution in [2.24, 2.45) is 0 Å². The average molecular weight is 505 g/mol. The summed E-state index contributed by atoms with van der Waals surface area (Å²) in [7, 11) is 0. The molecule has 4 rings (SSSR count). The first kappa shape index (κ1) is 25.2. The van der Waals surface area contributed by atoms with Gasteiger partial charge in [0.2, 0.25) is 5.91 Å². The molecule has 190 valence electrons. The molecule has 1 fully saturated rings. The molecular weight excluding hydrogens is 482 g/mol. The number of ether oxygens (including phenoxy) is 1. The minimum Gasteiger partial charge on any atom is -0.478 e. The van der Waals surface area contributed by atoms with Gasteiger partial charge in [0.05, 0.1) is 17.2 Å². The van der Waals surface area contributed by atoms with Gasteiger partial charge in [0.25, 0.3) is 0 Å². The number of alkyl halides is 3. The van der Waals surface area contributed by atoms with Crippen LogP contribution in [-0.2, 0) is 10.2 Å². The van der Waals surface area contributed by atoms with E-state index in [9.17, 15) is 32.3 Å². The zero-order valence-electron chi connectivity index (χ0n) is 19.4. The molecule has 0 radical (unpaired) electrons. The van der Waals surface area contributed by atoms with Gasteiger partial charge in [-0.3, -0.25) is 9.48 Å². The Morgan fingerprint density at radius 2 is 1.94 bits per heavy atom. The number of nitrogens with one attached hydrogen (secondary N) is 1. The quantitative estimate of drug-likeness (QED) is 0.371. The number of hydrogen-bond acceptors (Lipinski definition) is 4. The maximum atomic E-state index is 14.6. The van der Waals surface area contributed by atoms with E-state index in [1.54, 1.807) is 23.1 Å². The Morgan fingerprint density at radius 1 is 1.22 bits per heavy atom. The highest BCUT2D eigenvalue weighted by Gasteiger charge is 2.53. The summed E-state index contributed by atoms with van der Waals surface area (Å²) in [5, 5.41) is 16.7. The maximum Gasteiger partial charge on any atom is 0.573 e. The molecule has 0 spiro atoms. The predicted octanol–water partition coefficient (Wildman–Crippen LogP) is 5.93. The van der Waals surface area contributed by atoms with Gasteiger partial charge in [-0.15, -0.1) is 13.2 Å². The Hall–Kier alpha value is -3.89. The molecule has 3 aromatic rings. The van der Waals surface area contributed by atoms with Crippen LogP contribution in [0.2, 0.25) is 0 Å². The van der Waals surface area contributed by atoms with Crippen LogP contribution in [0.15, 0.2) is 48.8 Å². The first-order chi connectivity index (χ1) is 16.9. The Balaban J connectivity index is 1.57. The topological polar surface area (TPSA) is 93.5 Å². The molecule has 0 unspecified atom stereocenters. The lowest BCUT2D eigenvalue weighted by atomic mass is 9.94. The van der Waals surface area contributed by atoms with Crippen molar-refractivity contribution in [3.8, 4) is 16.9 Å². The van der Waals surface area contributed by atoms with Gasteiger partial charge in [-0.1, -0.05) is 19.1 Å². The summed E-state index contributed by atoms with van der Waals surface area (Å²) in [4.78, 5) is 25.0. The smallest absolute Gasteiger partial charge is 0.478 e. The number of carboxylic acids is 1. The van der Waals surface area contributed by atoms with Crippen molar-refractivity contribution in [2.75, 3.05) is 5.32 Å². The third-order valence-corrected chi connectivity index (χ3v) is 6.34. The molecule has 36 heavy (non-hydrogen) atoms. The number of amides is 1. The van der Waals surface area contributed by atoms with Crippen molar-refractivity contribution < 1.29 is 37.0 Å². The first-order valence-corrected chi connectivity index (χ1v) is 11.2. The molecule has 0 saturated heterocycles. The molecule has 0 aliphatic heterocycles. The monoisotopic (exact) mass is 505 g/mol. The molecule has 0 bridgehead atoms. The number of halogens is 4. The summed E-state index contributed by atoms with van der Waals surface area (Å²) in [5.74, 6) is -3.51. The van der Waals surface area contributed by atoms with Crippen LogP contribution >= 0.6 is 0 Å². The number of benzene rings is 2. The maximum absolute atomic E-state index is 14.6. The molecule has 2 N–H and O–H groups in total. The second kappa shape index (κ2) is 9.29. The number of anilines is 1. The zero-order valence-corrected chi connectivity index (χ0v) is 19.4. The summed E-state index contributed by atoms with van der Waals surface area (Å²) in [5.41, 5.74) is -0.155. The van der Waals surface area contributed by atoms with E-state index < -0.39 is 35.2 Å². The standard InChI is InChI=1S/C25H23F4N3O4/c1-3-14(2)32-13-15(12-30-32)18-6-4-16(10-19(18)22(33)34)31-23(35)24(8-9-24)20-7-5-17(11-21(20)26)36-25(27,28)29/h4-7,10-14H,3,8-9H2,1-2H3,(H,31,35)(H,33,34)/t14-/m0/s1. The molecule has 1 saturated carbocycles. The van der Waals surface area contributed by atoms with Crippen LogP contribution in [0.4, 0.5) is 23.2 Å². The van der Waals surface area contributed by atoms with Crippen LogP contribution in [0.1, 0.15) is 55.1 Å². The number of carbonyl (C=O) groups excluding carboxylic acids is 1. The molecule has 7 nitrogen and oxygen atoms in total. The fourth-order valence-corrected chi connectivity index (χ4v) is 4.03. The minimum absolute atomic E-state index is 0.0536. The summed E-state index contributed by atoms with van der Waals surface area (Å²) >= 11 is 0. The molecule has 1 atom stereocenters. The van der Waals surface area contributed by atoms with Crippen LogP contribution < -0.4 is 10.1 Å². The van der Waals surface area contributed by atoms with Crippen LogP contribution in [0.3, 0.4) is 0 Å². The molecule has 1 heterocycles. The van der Waals surface area contributed by atoms with Crippen LogP contribution in [0.25, 0.3) is 11.1 Å². The van der Waals surface area contributed by atoms with Gasteiger partial charge in [0.1, 0.15) is 11.6 Å². The SMILES string of the molecule is CC[C@H](C)n1cc(-c2ccc(NC(=O)C3(c4ccc(OC(F)(F)F)cc4F)CC3)cc2C(=O)O)cn1. The third-order valence-electron chi connectivity index (χ3n) is 6.34. The minimum atomic E-state index is -4.97. The van der Waals surface area contributed by atoms with E-state index in [1.165, 1.54) is 12.1 Å². The van der Waals surface area contributed by atoms with Crippen molar-refractivity contribution in [2.45, 2.75) is 50.9 Å². The van der Waals surface area contributed by atoms with Gasteiger partial charge < -0.3 is 15.2 Å². The third kappa shape index (κ3) is 5.05.